The predicted molar refractivity (Wildman–Crippen MR) is 25.3 cm³/mol. The Bertz CT molecular complexity index is 64.1. The first-order valence-electron chi connectivity index (χ1n) is 1.78. The van der Waals surface area contributed by atoms with Gasteiger partial charge in [0.2, 0.25) is 0 Å². The topological polar surface area (TPSA) is 52.3 Å². The smallest absolute Gasteiger partial charge is 0.154 e. The first-order valence-corrected chi connectivity index (χ1v) is 1.78. The molecule has 0 aliphatic carbocycles. The maximum Gasteiger partial charge on any atom is 0.154 e. The van der Waals surface area contributed by atoms with E-state index in [1.165, 1.54) is 6.08 Å². The fourth-order valence-electron chi connectivity index (χ4n) is 0.143. The van der Waals surface area contributed by atoms with Crippen LogP contribution in [0.25, 0.3) is 0 Å². The van der Waals surface area contributed by atoms with Crippen LogP contribution in [-0.4, -0.2) is 12.4 Å². The number of aldehydes is 1. The second kappa shape index (κ2) is 3.52. The summed E-state index contributed by atoms with van der Waals surface area (Å²) in [5.41, 5.74) is 0. The molecule has 0 aliphatic heterocycles. The Labute approximate surface area is 41.7 Å². The van der Waals surface area contributed by atoms with Gasteiger partial charge in [-0.1, -0.05) is 12.7 Å². The van der Waals surface area contributed by atoms with Crippen LogP contribution >= 0.6 is 0 Å². The van der Waals surface area contributed by atoms with Crippen molar-refractivity contribution < 1.29 is 9.63 Å². The van der Waals surface area contributed by atoms with E-state index in [1.54, 1.807) is 0 Å². The first-order chi connectivity index (χ1) is 3.35. The molecular weight excluding hydrogens is 94.0 g/mol. The van der Waals surface area contributed by atoms with E-state index in [0.29, 0.717) is 6.29 Å². The van der Waals surface area contributed by atoms with E-state index >= 15 is 0 Å². The Balaban J connectivity index is 3.36. The summed E-state index contributed by atoms with van der Waals surface area (Å²) in [5.74, 6) is 4.59. The van der Waals surface area contributed by atoms with Gasteiger partial charge in [-0.05, 0) is 0 Å². The molecule has 0 radical (unpaired) electrons. The third kappa shape index (κ3) is 2.08. The van der Waals surface area contributed by atoms with Crippen molar-refractivity contribution >= 4 is 6.29 Å². The van der Waals surface area contributed by atoms with Crippen LogP contribution in [0.2, 0.25) is 0 Å². The van der Waals surface area contributed by atoms with Crippen molar-refractivity contribution in [3.63, 3.8) is 0 Å². The van der Waals surface area contributed by atoms with Gasteiger partial charge in [-0.3, -0.25) is 4.84 Å². The quantitative estimate of drug-likeness (QED) is 0.300. The molecule has 0 saturated carbocycles. The van der Waals surface area contributed by atoms with Gasteiger partial charge < -0.3 is 4.79 Å². The van der Waals surface area contributed by atoms with Gasteiger partial charge in [-0.25, -0.2) is 5.90 Å². The van der Waals surface area contributed by atoms with Gasteiger partial charge in [-0.15, -0.1) is 0 Å². The average Bonchev–Trinajstić information content (AvgIpc) is 1.72. The summed E-state index contributed by atoms with van der Waals surface area (Å²) >= 11 is 0. The Morgan fingerprint density at radius 1 is 1.86 bits per heavy atom. The number of hydrogen-bond acceptors (Lipinski definition) is 3. The number of hydrogen-bond donors (Lipinski definition) is 1. The molecule has 0 rings (SSSR count). The third-order valence-corrected chi connectivity index (χ3v) is 0.524. The van der Waals surface area contributed by atoms with Crippen molar-refractivity contribution in [2.75, 3.05) is 0 Å². The van der Waals surface area contributed by atoms with Gasteiger partial charge in [0, 0.05) is 0 Å². The van der Waals surface area contributed by atoms with E-state index in [-0.39, 0.29) is 0 Å². The molecule has 0 aromatic carbocycles. The zero-order valence-corrected chi connectivity index (χ0v) is 3.83. The molecule has 0 aliphatic rings. The second-order valence-corrected chi connectivity index (χ2v) is 0.972. The van der Waals surface area contributed by atoms with Crippen molar-refractivity contribution in [3.8, 4) is 0 Å². The molecule has 1 unspecified atom stereocenters. The van der Waals surface area contributed by atoms with Crippen molar-refractivity contribution in [2.45, 2.75) is 6.10 Å². The highest BCUT2D eigenvalue weighted by molar-refractivity contribution is 5.58. The third-order valence-electron chi connectivity index (χ3n) is 0.524. The molecule has 2 N–H and O–H groups in total. The molecule has 3 heteroatoms. The lowest BCUT2D eigenvalue weighted by molar-refractivity contribution is -0.115. The van der Waals surface area contributed by atoms with Gasteiger partial charge in [0.1, 0.15) is 0 Å². The van der Waals surface area contributed by atoms with Crippen molar-refractivity contribution in [1.82, 2.24) is 0 Å². The van der Waals surface area contributed by atoms with E-state index in [4.69, 9.17) is 0 Å². The molecule has 0 aromatic rings. The molecule has 0 heterocycles. The summed E-state index contributed by atoms with van der Waals surface area (Å²) in [6, 6.07) is 0. The van der Waals surface area contributed by atoms with Crippen LogP contribution in [0.5, 0.6) is 0 Å². The lowest BCUT2D eigenvalue weighted by atomic mass is 10.4. The average molecular weight is 101 g/mol. The minimum absolute atomic E-state index is 0.562. The maximum atomic E-state index is 9.69. The minimum Gasteiger partial charge on any atom is -0.300 e. The molecule has 0 spiro atoms. The standard InChI is InChI=1S/C4H7NO2/c1-2-4(3-6)7-5/h2-4H,1,5H2. The number of carbonyl (C=O) groups is 1. The van der Waals surface area contributed by atoms with Gasteiger partial charge in [0.05, 0.1) is 0 Å². The molecule has 7 heavy (non-hydrogen) atoms. The van der Waals surface area contributed by atoms with Crippen LogP contribution < -0.4 is 5.90 Å². The number of nitrogens with two attached hydrogens (primary N) is 1. The molecule has 40 valence electrons. The number of carbonyl (C=O) groups excluding carboxylic acids is 1. The maximum absolute atomic E-state index is 9.69. The number of rotatable bonds is 3. The summed E-state index contributed by atoms with van der Waals surface area (Å²) in [6.45, 7) is 3.27. The Morgan fingerprint density at radius 2 is 2.43 bits per heavy atom. The highest BCUT2D eigenvalue weighted by Crippen LogP contribution is 1.78. The normalized spacial score (nSPS) is 12.7. The van der Waals surface area contributed by atoms with Crippen LogP contribution in [0.3, 0.4) is 0 Å². The summed E-state index contributed by atoms with van der Waals surface area (Å²) in [7, 11) is 0. The molecular formula is C4H7NO2. The predicted octanol–water partition coefficient (Wildman–Crippen LogP) is -0.370. The van der Waals surface area contributed by atoms with Crippen molar-refractivity contribution in [3.05, 3.63) is 12.7 Å². The Kier molecular flexibility index (Phi) is 3.18. The lowest BCUT2D eigenvalue weighted by Gasteiger charge is -1.95. The fraction of sp³-hybridized carbons (Fsp3) is 0.250. The van der Waals surface area contributed by atoms with E-state index in [0.717, 1.165) is 0 Å². The highest BCUT2D eigenvalue weighted by Gasteiger charge is 1.94. The van der Waals surface area contributed by atoms with Gasteiger partial charge >= 0.3 is 0 Å². The lowest BCUT2D eigenvalue weighted by Crippen LogP contribution is -2.14. The Hall–Kier alpha value is -0.670. The van der Waals surface area contributed by atoms with Crippen LogP contribution in [0.1, 0.15) is 0 Å². The SMILES string of the molecule is C=CC(C=O)ON. The minimum atomic E-state index is -0.653. The van der Waals surface area contributed by atoms with E-state index < -0.39 is 6.10 Å². The molecule has 0 bridgehead atoms. The van der Waals surface area contributed by atoms with Gasteiger partial charge in [-0.2, -0.15) is 0 Å². The molecule has 0 fully saturated rings. The zero-order chi connectivity index (χ0) is 5.70. The van der Waals surface area contributed by atoms with Crippen LogP contribution in [0.15, 0.2) is 12.7 Å². The first kappa shape index (κ1) is 6.33. The van der Waals surface area contributed by atoms with E-state index in [1.807, 2.05) is 0 Å². The molecule has 0 aromatic heterocycles. The molecule has 1 atom stereocenters. The highest BCUT2D eigenvalue weighted by atomic mass is 16.6. The zero-order valence-electron chi connectivity index (χ0n) is 3.83. The van der Waals surface area contributed by atoms with Crippen LogP contribution in [0.4, 0.5) is 0 Å². The van der Waals surface area contributed by atoms with Crippen LogP contribution in [-0.2, 0) is 9.63 Å². The van der Waals surface area contributed by atoms with Gasteiger partial charge in [0.15, 0.2) is 12.4 Å². The van der Waals surface area contributed by atoms with Crippen molar-refractivity contribution in [2.24, 2.45) is 5.90 Å². The Morgan fingerprint density at radius 3 is 2.43 bits per heavy atom. The van der Waals surface area contributed by atoms with Gasteiger partial charge in [0.25, 0.3) is 0 Å². The largest absolute Gasteiger partial charge is 0.300 e. The van der Waals surface area contributed by atoms with Crippen LogP contribution in [0, 0.1) is 0 Å². The fourth-order valence-corrected chi connectivity index (χ4v) is 0.143. The summed E-state index contributed by atoms with van der Waals surface area (Å²) in [5, 5.41) is 0. The second-order valence-electron chi connectivity index (χ2n) is 0.972. The molecule has 0 amide bonds. The van der Waals surface area contributed by atoms with E-state index in [9.17, 15) is 4.79 Å². The summed E-state index contributed by atoms with van der Waals surface area (Å²) in [6.07, 6.45) is 1.22. The summed E-state index contributed by atoms with van der Waals surface area (Å²) in [4.78, 5) is 13.8. The summed E-state index contributed by atoms with van der Waals surface area (Å²) < 4.78 is 0. The van der Waals surface area contributed by atoms with Crippen molar-refractivity contribution in [1.29, 1.82) is 0 Å². The van der Waals surface area contributed by atoms with E-state index in [2.05, 4.69) is 17.3 Å². The molecule has 3 nitrogen and oxygen atoms in total. The molecule has 0 saturated heterocycles. The monoisotopic (exact) mass is 101 g/mol.